The van der Waals surface area contributed by atoms with E-state index in [2.05, 4.69) is 37.8 Å². The Morgan fingerprint density at radius 3 is 2.71 bits per heavy atom. The number of likely N-dealkylation sites (tertiary alicyclic amines) is 1. The van der Waals surface area contributed by atoms with Crippen molar-refractivity contribution in [2.75, 3.05) is 13.1 Å². The Hall–Kier alpha value is -0.380. The molecule has 0 spiro atoms. The molecule has 96 valence electrons. The van der Waals surface area contributed by atoms with Crippen LogP contribution in [0.1, 0.15) is 36.9 Å². The zero-order chi connectivity index (χ0) is 12.5. The highest BCUT2D eigenvalue weighted by atomic mass is 32.1. The van der Waals surface area contributed by atoms with Crippen LogP contribution in [0.25, 0.3) is 0 Å². The van der Waals surface area contributed by atoms with Crippen molar-refractivity contribution in [3.63, 3.8) is 0 Å². The number of hydrogen-bond acceptors (Lipinski definition) is 3. The third-order valence-corrected chi connectivity index (χ3v) is 4.91. The standard InChI is InChI=1S/C14H23NOS/c1-4-11-5-6-12(17-11)9-15-8-7-13(16)14(2,3)10-15/h5-6,13,16H,4,7-10H2,1-3H3. The highest BCUT2D eigenvalue weighted by molar-refractivity contribution is 7.11. The number of aliphatic hydroxyl groups is 1. The number of aliphatic hydroxyl groups excluding tert-OH is 1. The molecular weight excluding hydrogens is 230 g/mol. The van der Waals surface area contributed by atoms with Gasteiger partial charge in [-0.25, -0.2) is 0 Å². The van der Waals surface area contributed by atoms with Crippen LogP contribution in [0, 0.1) is 5.41 Å². The maximum atomic E-state index is 9.94. The fraction of sp³-hybridized carbons (Fsp3) is 0.714. The monoisotopic (exact) mass is 253 g/mol. The van der Waals surface area contributed by atoms with E-state index >= 15 is 0 Å². The van der Waals surface area contributed by atoms with Crippen LogP contribution in [-0.4, -0.2) is 29.2 Å². The fourth-order valence-corrected chi connectivity index (χ4v) is 3.51. The van der Waals surface area contributed by atoms with Crippen LogP contribution < -0.4 is 0 Å². The minimum Gasteiger partial charge on any atom is -0.392 e. The van der Waals surface area contributed by atoms with Crippen LogP contribution in [0.3, 0.4) is 0 Å². The molecule has 3 heteroatoms. The summed E-state index contributed by atoms with van der Waals surface area (Å²) in [6.45, 7) is 9.58. The van der Waals surface area contributed by atoms with E-state index in [0.717, 1.165) is 32.5 Å². The molecule has 1 aromatic heterocycles. The van der Waals surface area contributed by atoms with E-state index < -0.39 is 0 Å². The maximum absolute atomic E-state index is 9.94. The number of piperidine rings is 1. The van der Waals surface area contributed by atoms with Gasteiger partial charge in [-0.3, -0.25) is 4.90 Å². The first-order valence-corrected chi connectivity index (χ1v) is 7.31. The van der Waals surface area contributed by atoms with Gasteiger partial charge in [0.1, 0.15) is 0 Å². The second-order valence-electron chi connectivity index (χ2n) is 5.73. The van der Waals surface area contributed by atoms with Gasteiger partial charge in [-0.15, -0.1) is 11.3 Å². The number of thiophene rings is 1. The van der Waals surface area contributed by atoms with Crippen LogP contribution in [0.4, 0.5) is 0 Å². The average molecular weight is 253 g/mol. The van der Waals surface area contributed by atoms with Crippen molar-refractivity contribution in [1.29, 1.82) is 0 Å². The quantitative estimate of drug-likeness (QED) is 0.895. The summed E-state index contributed by atoms with van der Waals surface area (Å²) in [6.07, 6.45) is 1.89. The van der Waals surface area contributed by atoms with Gasteiger partial charge in [-0.1, -0.05) is 20.8 Å². The van der Waals surface area contributed by atoms with E-state index in [4.69, 9.17) is 0 Å². The molecule has 1 aliphatic heterocycles. The minimum atomic E-state index is -0.145. The van der Waals surface area contributed by atoms with Crippen molar-refractivity contribution in [2.45, 2.75) is 46.3 Å². The van der Waals surface area contributed by atoms with Crippen LogP contribution in [0.2, 0.25) is 0 Å². The molecule has 1 fully saturated rings. The normalized spacial score (nSPS) is 25.1. The third kappa shape index (κ3) is 3.09. The Bertz CT molecular complexity index is 372. The first-order chi connectivity index (χ1) is 8.01. The molecule has 1 N–H and O–H groups in total. The highest BCUT2D eigenvalue weighted by Gasteiger charge is 2.34. The first-order valence-electron chi connectivity index (χ1n) is 6.49. The molecule has 1 aromatic rings. The molecule has 2 nitrogen and oxygen atoms in total. The van der Waals surface area contributed by atoms with Gasteiger partial charge in [0.25, 0.3) is 0 Å². The average Bonchev–Trinajstić information content (AvgIpc) is 2.71. The van der Waals surface area contributed by atoms with Gasteiger partial charge in [-0.05, 0) is 25.0 Å². The van der Waals surface area contributed by atoms with Gasteiger partial charge in [0.2, 0.25) is 0 Å². The lowest BCUT2D eigenvalue weighted by Gasteiger charge is -2.41. The van der Waals surface area contributed by atoms with Gasteiger partial charge in [-0.2, -0.15) is 0 Å². The van der Waals surface area contributed by atoms with E-state index in [9.17, 15) is 5.11 Å². The van der Waals surface area contributed by atoms with Crippen LogP contribution in [-0.2, 0) is 13.0 Å². The predicted octanol–water partition coefficient (Wildman–Crippen LogP) is 2.90. The molecule has 2 rings (SSSR count). The minimum absolute atomic E-state index is 0.0308. The van der Waals surface area contributed by atoms with Gasteiger partial charge in [0.15, 0.2) is 0 Å². The first kappa shape index (κ1) is 13.1. The molecule has 0 bridgehead atoms. The summed E-state index contributed by atoms with van der Waals surface area (Å²) in [5.41, 5.74) is 0.0308. The highest BCUT2D eigenvalue weighted by Crippen LogP contribution is 2.30. The Labute approximate surface area is 108 Å². The predicted molar refractivity (Wildman–Crippen MR) is 73.4 cm³/mol. The van der Waals surface area contributed by atoms with Crippen molar-refractivity contribution in [3.8, 4) is 0 Å². The van der Waals surface area contributed by atoms with Gasteiger partial charge in [0.05, 0.1) is 6.10 Å². The van der Waals surface area contributed by atoms with E-state index in [-0.39, 0.29) is 11.5 Å². The lowest BCUT2D eigenvalue weighted by Crippen LogP contribution is -2.48. The maximum Gasteiger partial charge on any atom is 0.0615 e. The lowest BCUT2D eigenvalue weighted by molar-refractivity contribution is -0.0267. The molecule has 1 unspecified atom stereocenters. The second-order valence-corrected chi connectivity index (χ2v) is 6.98. The molecule has 1 aliphatic rings. The molecule has 0 saturated carbocycles. The molecule has 0 aromatic carbocycles. The van der Waals surface area contributed by atoms with Crippen molar-refractivity contribution in [3.05, 3.63) is 21.9 Å². The summed E-state index contributed by atoms with van der Waals surface area (Å²) in [5.74, 6) is 0. The molecule has 0 amide bonds. The third-order valence-electron chi connectivity index (χ3n) is 3.70. The van der Waals surface area contributed by atoms with Crippen molar-refractivity contribution < 1.29 is 5.11 Å². The Morgan fingerprint density at radius 2 is 2.12 bits per heavy atom. The second kappa shape index (κ2) is 5.09. The van der Waals surface area contributed by atoms with Crippen LogP contribution in [0.5, 0.6) is 0 Å². The van der Waals surface area contributed by atoms with Crippen molar-refractivity contribution in [2.24, 2.45) is 5.41 Å². The zero-order valence-electron chi connectivity index (χ0n) is 11.1. The van der Waals surface area contributed by atoms with Gasteiger partial charge < -0.3 is 5.11 Å². The molecule has 0 radical (unpaired) electrons. The summed E-state index contributed by atoms with van der Waals surface area (Å²) in [5, 5.41) is 9.94. The molecule has 2 heterocycles. The smallest absolute Gasteiger partial charge is 0.0615 e. The fourth-order valence-electron chi connectivity index (χ4n) is 2.51. The summed E-state index contributed by atoms with van der Waals surface area (Å²) >= 11 is 1.92. The van der Waals surface area contributed by atoms with E-state index in [1.54, 1.807) is 0 Å². The molecule has 1 saturated heterocycles. The Balaban J connectivity index is 1.96. The van der Waals surface area contributed by atoms with E-state index in [1.807, 2.05) is 11.3 Å². The molecule has 17 heavy (non-hydrogen) atoms. The Morgan fingerprint density at radius 1 is 1.41 bits per heavy atom. The van der Waals surface area contributed by atoms with E-state index in [1.165, 1.54) is 9.75 Å². The van der Waals surface area contributed by atoms with Crippen molar-refractivity contribution in [1.82, 2.24) is 4.90 Å². The van der Waals surface area contributed by atoms with Gasteiger partial charge >= 0.3 is 0 Å². The Kier molecular flexibility index (Phi) is 3.91. The van der Waals surface area contributed by atoms with Crippen LogP contribution in [0.15, 0.2) is 12.1 Å². The zero-order valence-corrected chi connectivity index (χ0v) is 11.9. The molecule has 1 atom stereocenters. The van der Waals surface area contributed by atoms with Crippen LogP contribution >= 0.6 is 11.3 Å². The molecular formula is C14H23NOS. The van der Waals surface area contributed by atoms with E-state index in [0.29, 0.717) is 0 Å². The number of nitrogens with zero attached hydrogens (tertiary/aromatic N) is 1. The summed E-state index contributed by atoms with van der Waals surface area (Å²) in [7, 11) is 0. The number of aryl methyl sites for hydroxylation is 1. The SMILES string of the molecule is CCc1ccc(CN2CCC(O)C(C)(C)C2)s1. The summed E-state index contributed by atoms with van der Waals surface area (Å²) in [6, 6.07) is 4.49. The molecule has 0 aliphatic carbocycles. The lowest BCUT2D eigenvalue weighted by atomic mass is 9.81. The van der Waals surface area contributed by atoms with Gasteiger partial charge in [0, 0.05) is 34.8 Å². The summed E-state index contributed by atoms with van der Waals surface area (Å²) < 4.78 is 0. The number of hydrogen-bond donors (Lipinski definition) is 1. The largest absolute Gasteiger partial charge is 0.392 e. The topological polar surface area (TPSA) is 23.5 Å². The van der Waals surface area contributed by atoms with Crippen molar-refractivity contribution >= 4 is 11.3 Å². The summed E-state index contributed by atoms with van der Waals surface area (Å²) in [4.78, 5) is 5.39. The number of rotatable bonds is 3.